The van der Waals surface area contributed by atoms with Crippen LogP contribution in [0.4, 0.5) is 0 Å². The number of aryl methyl sites for hydroxylation is 1. The zero-order chi connectivity index (χ0) is 10.7. The summed E-state index contributed by atoms with van der Waals surface area (Å²) < 4.78 is 5.13. The van der Waals surface area contributed by atoms with Crippen LogP contribution in [0, 0.1) is 0 Å². The number of ether oxygens (including phenoxy) is 1. The second kappa shape index (κ2) is 4.07. The summed E-state index contributed by atoms with van der Waals surface area (Å²) in [4.78, 5) is 13.7. The molecule has 0 radical (unpaired) electrons. The van der Waals surface area contributed by atoms with Gasteiger partial charge in [0.1, 0.15) is 6.10 Å². The summed E-state index contributed by atoms with van der Waals surface area (Å²) in [5.74, 6) is -0.612. The Morgan fingerprint density at radius 3 is 3.13 bits per heavy atom. The van der Waals surface area contributed by atoms with Crippen molar-refractivity contribution in [2.24, 2.45) is 0 Å². The topological polar surface area (TPSA) is 62.7 Å². The van der Waals surface area contributed by atoms with Crippen LogP contribution in [-0.2, 0) is 16.0 Å². The Hall–Kier alpha value is -1.93. The maximum absolute atomic E-state index is 11.1. The molecule has 0 saturated carbocycles. The van der Waals surface area contributed by atoms with Crippen LogP contribution in [0.5, 0.6) is 0 Å². The van der Waals surface area contributed by atoms with E-state index in [0.29, 0.717) is 0 Å². The normalized spacial score (nSPS) is 17.7. The van der Waals surface area contributed by atoms with Crippen molar-refractivity contribution in [1.82, 2.24) is 0 Å². The molecule has 4 nitrogen and oxygen atoms in total. The smallest absolute Gasteiger partial charge is 0.414 e. The van der Waals surface area contributed by atoms with E-state index >= 15 is 0 Å². The lowest BCUT2D eigenvalue weighted by Crippen LogP contribution is -2.10. The highest BCUT2D eigenvalue weighted by Crippen LogP contribution is 2.33. The van der Waals surface area contributed by atoms with Gasteiger partial charge in [0.05, 0.1) is 0 Å². The van der Waals surface area contributed by atoms with Gasteiger partial charge < -0.3 is 10.3 Å². The minimum Gasteiger partial charge on any atom is -0.449 e. The molecule has 15 heavy (non-hydrogen) atoms. The van der Waals surface area contributed by atoms with Gasteiger partial charge in [0.2, 0.25) is 0 Å². The van der Waals surface area contributed by atoms with Crippen LogP contribution >= 0.6 is 0 Å². The molecular weight excluding hydrogens is 192 g/mol. The number of esters is 1. The van der Waals surface area contributed by atoms with E-state index in [0.717, 1.165) is 24.6 Å². The van der Waals surface area contributed by atoms with Crippen LogP contribution in [0.15, 0.2) is 24.3 Å². The van der Waals surface area contributed by atoms with Gasteiger partial charge in [-0.25, -0.2) is 4.79 Å². The van der Waals surface area contributed by atoms with Crippen molar-refractivity contribution in [3.05, 3.63) is 40.9 Å². The Bertz CT molecular complexity index is 436. The van der Waals surface area contributed by atoms with Crippen molar-refractivity contribution in [3.8, 4) is 0 Å². The molecule has 4 heteroatoms. The predicted octanol–water partition coefficient (Wildman–Crippen LogP) is 1.52. The van der Waals surface area contributed by atoms with Gasteiger partial charge in [-0.3, -0.25) is 0 Å². The molecular formula is C11H10N2O2. The summed E-state index contributed by atoms with van der Waals surface area (Å²) in [6.45, 7) is 0. The number of benzene rings is 1. The van der Waals surface area contributed by atoms with Gasteiger partial charge in [0.15, 0.2) is 0 Å². The summed E-state index contributed by atoms with van der Waals surface area (Å²) in [5, 5.41) is 0. The Morgan fingerprint density at radius 1 is 1.53 bits per heavy atom. The second-order valence-corrected chi connectivity index (χ2v) is 3.41. The first kappa shape index (κ1) is 9.62. The molecule has 0 aliphatic heterocycles. The lowest BCUT2D eigenvalue weighted by Gasteiger charge is -2.09. The van der Waals surface area contributed by atoms with Crippen molar-refractivity contribution < 1.29 is 14.3 Å². The minimum atomic E-state index is -0.612. The SMILES string of the molecule is [N-]=[N+]=CC(=O)O[C@H]1CCc2ccccc21. The van der Waals surface area contributed by atoms with Crippen molar-refractivity contribution in [3.63, 3.8) is 0 Å². The van der Waals surface area contributed by atoms with E-state index in [9.17, 15) is 4.79 Å². The molecule has 0 heterocycles. The fourth-order valence-corrected chi connectivity index (χ4v) is 1.86. The maximum Gasteiger partial charge on any atom is 0.414 e. The molecule has 2 rings (SSSR count). The summed E-state index contributed by atoms with van der Waals surface area (Å²) in [6.07, 6.45) is 2.28. The number of carbonyl (C=O) groups excluding carboxylic acids is 1. The molecule has 1 atom stereocenters. The third-order valence-corrected chi connectivity index (χ3v) is 2.50. The molecule has 1 aliphatic carbocycles. The van der Waals surface area contributed by atoms with Crippen LogP contribution in [0.3, 0.4) is 0 Å². The van der Waals surface area contributed by atoms with Gasteiger partial charge in [-0.2, -0.15) is 4.79 Å². The fraction of sp³-hybridized carbons (Fsp3) is 0.273. The second-order valence-electron chi connectivity index (χ2n) is 3.41. The number of fused-ring (bicyclic) bond motifs is 1. The van der Waals surface area contributed by atoms with E-state index in [1.165, 1.54) is 5.56 Å². The molecule has 0 amide bonds. The van der Waals surface area contributed by atoms with Crippen molar-refractivity contribution in [1.29, 1.82) is 0 Å². The molecule has 1 aromatic rings. The average molecular weight is 202 g/mol. The summed E-state index contributed by atoms with van der Waals surface area (Å²) in [6, 6.07) is 7.88. The van der Waals surface area contributed by atoms with Crippen LogP contribution in [0.1, 0.15) is 23.7 Å². The highest BCUT2D eigenvalue weighted by atomic mass is 16.5. The lowest BCUT2D eigenvalue weighted by molar-refractivity contribution is -0.144. The van der Waals surface area contributed by atoms with Crippen molar-refractivity contribution >= 4 is 12.2 Å². The van der Waals surface area contributed by atoms with Crippen molar-refractivity contribution in [2.45, 2.75) is 18.9 Å². The van der Waals surface area contributed by atoms with E-state index in [1.54, 1.807) is 0 Å². The zero-order valence-electron chi connectivity index (χ0n) is 8.09. The Balaban J connectivity index is 2.14. The van der Waals surface area contributed by atoms with Crippen LogP contribution in [-0.4, -0.2) is 17.0 Å². The molecule has 0 bridgehead atoms. The van der Waals surface area contributed by atoms with Crippen LogP contribution in [0.25, 0.3) is 5.53 Å². The quantitative estimate of drug-likeness (QED) is 0.316. The summed E-state index contributed by atoms with van der Waals surface area (Å²) in [7, 11) is 0. The molecule has 76 valence electrons. The predicted molar refractivity (Wildman–Crippen MR) is 53.3 cm³/mol. The zero-order valence-corrected chi connectivity index (χ0v) is 8.09. The van der Waals surface area contributed by atoms with Crippen LogP contribution < -0.4 is 0 Å². The molecule has 0 saturated heterocycles. The Kier molecular flexibility index (Phi) is 2.61. The van der Waals surface area contributed by atoms with E-state index in [4.69, 9.17) is 10.3 Å². The first-order chi connectivity index (χ1) is 7.31. The standard InChI is InChI=1S/C11H10N2O2/c12-13-7-11(14)15-10-6-5-8-3-1-2-4-9(8)10/h1-4,7,10H,5-6H2/t10-/m0/s1. The van der Waals surface area contributed by atoms with Gasteiger partial charge in [-0.1, -0.05) is 24.3 Å². The summed E-state index contributed by atoms with van der Waals surface area (Å²) >= 11 is 0. The van der Waals surface area contributed by atoms with Gasteiger partial charge >= 0.3 is 12.2 Å². The van der Waals surface area contributed by atoms with E-state index in [2.05, 4.69) is 4.79 Å². The Labute approximate surface area is 87.1 Å². The number of rotatable bonds is 2. The molecule has 0 spiro atoms. The monoisotopic (exact) mass is 202 g/mol. The summed E-state index contributed by atoms with van der Waals surface area (Å²) in [5.41, 5.74) is 10.4. The minimum absolute atomic E-state index is 0.202. The molecule has 1 aromatic carbocycles. The molecule has 0 N–H and O–H groups in total. The van der Waals surface area contributed by atoms with Crippen LogP contribution in [0.2, 0.25) is 0 Å². The van der Waals surface area contributed by atoms with Crippen molar-refractivity contribution in [2.75, 3.05) is 0 Å². The maximum atomic E-state index is 11.1. The van der Waals surface area contributed by atoms with Gasteiger partial charge in [0.25, 0.3) is 0 Å². The van der Waals surface area contributed by atoms with E-state index in [1.807, 2.05) is 24.3 Å². The lowest BCUT2D eigenvalue weighted by atomic mass is 10.1. The number of nitrogens with zero attached hydrogens (tertiary/aromatic N) is 2. The van der Waals surface area contributed by atoms with Gasteiger partial charge in [-0.05, 0) is 24.0 Å². The first-order valence-electron chi connectivity index (χ1n) is 4.77. The molecule has 0 aromatic heterocycles. The fourth-order valence-electron chi connectivity index (χ4n) is 1.86. The third-order valence-electron chi connectivity index (χ3n) is 2.50. The highest BCUT2D eigenvalue weighted by molar-refractivity contribution is 6.20. The third kappa shape index (κ3) is 1.95. The molecule has 1 aliphatic rings. The first-order valence-corrected chi connectivity index (χ1v) is 4.77. The average Bonchev–Trinajstić information content (AvgIpc) is 2.62. The Morgan fingerprint density at radius 2 is 2.33 bits per heavy atom. The largest absolute Gasteiger partial charge is 0.449 e. The molecule has 0 unspecified atom stereocenters. The van der Waals surface area contributed by atoms with Gasteiger partial charge in [0, 0.05) is 0 Å². The highest BCUT2D eigenvalue weighted by Gasteiger charge is 2.25. The van der Waals surface area contributed by atoms with E-state index < -0.39 is 5.97 Å². The number of hydrogen-bond acceptors (Lipinski definition) is 2. The van der Waals surface area contributed by atoms with E-state index in [-0.39, 0.29) is 6.10 Å². The molecule has 0 fully saturated rings. The van der Waals surface area contributed by atoms with Gasteiger partial charge in [-0.15, -0.1) is 0 Å². The number of carbonyl (C=O) groups is 1. The number of hydrogen-bond donors (Lipinski definition) is 0.